The molecule has 0 spiro atoms. The highest BCUT2D eigenvalue weighted by Crippen LogP contribution is 2.41. The SMILES string of the molecule is CC1CN(C[C@H]2CN(C(=O)OC(C)(C)C)[C@H](C)CN2CC(=O)N2CC(C)(C)c3cnc(Cc4ccc(F)cc4F)cc32)C(=O)CN1C. The fourth-order valence-corrected chi connectivity index (χ4v) is 6.75. The van der Waals surface area contributed by atoms with Gasteiger partial charge in [-0.25, -0.2) is 13.6 Å². The molecule has 3 amide bonds. The lowest BCUT2D eigenvalue weighted by Gasteiger charge is -2.47. The highest BCUT2D eigenvalue weighted by molar-refractivity contribution is 5.97. The van der Waals surface area contributed by atoms with Gasteiger partial charge in [0.05, 0.1) is 18.8 Å². The minimum absolute atomic E-state index is 0.0205. The average molecular weight is 655 g/mol. The molecule has 12 heteroatoms. The summed E-state index contributed by atoms with van der Waals surface area (Å²) in [6.45, 7) is 16.2. The highest BCUT2D eigenvalue weighted by atomic mass is 19.1. The minimum atomic E-state index is -0.658. The summed E-state index contributed by atoms with van der Waals surface area (Å²) in [4.78, 5) is 54.5. The Hall–Kier alpha value is -3.64. The van der Waals surface area contributed by atoms with Gasteiger partial charge in [-0.1, -0.05) is 19.9 Å². The largest absolute Gasteiger partial charge is 0.444 e. The number of amides is 3. The molecule has 256 valence electrons. The van der Waals surface area contributed by atoms with Gasteiger partial charge in [-0.3, -0.25) is 24.4 Å². The van der Waals surface area contributed by atoms with Crippen molar-refractivity contribution >= 4 is 23.6 Å². The lowest BCUT2D eigenvalue weighted by molar-refractivity contribution is -0.139. The number of fused-ring (bicyclic) bond motifs is 1. The Morgan fingerprint density at radius 1 is 1.06 bits per heavy atom. The van der Waals surface area contributed by atoms with Gasteiger partial charge >= 0.3 is 6.09 Å². The van der Waals surface area contributed by atoms with E-state index in [1.54, 1.807) is 16.0 Å². The average Bonchev–Trinajstić information content (AvgIpc) is 3.23. The van der Waals surface area contributed by atoms with E-state index in [1.807, 2.05) is 50.6 Å². The molecule has 3 aliphatic heterocycles. The monoisotopic (exact) mass is 654 g/mol. The molecule has 4 heterocycles. The van der Waals surface area contributed by atoms with Crippen LogP contribution in [0.5, 0.6) is 0 Å². The van der Waals surface area contributed by atoms with Crippen molar-refractivity contribution < 1.29 is 27.9 Å². The Morgan fingerprint density at radius 2 is 1.79 bits per heavy atom. The number of hydrogen-bond donors (Lipinski definition) is 0. The van der Waals surface area contributed by atoms with Crippen LogP contribution < -0.4 is 4.90 Å². The van der Waals surface area contributed by atoms with Crippen molar-refractivity contribution in [2.75, 3.05) is 57.8 Å². The van der Waals surface area contributed by atoms with Gasteiger partial charge in [-0.15, -0.1) is 0 Å². The quantitative estimate of drug-likeness (QED) is 0.465. The summed E-state index contributed by atoms with van der Waals surface area (Å²) in [7, 11) is 1.93. The molecule has 0 aliphatic carbocycles. The third kappa shape index (κ3) is 7.75. The van der Waals surface area contributed by atoms with Gasteiger partial charge in [-0.05, 0) is 59.4 Å². The van der Waals surface area contributed by atoms with Crippen LogP contribution in [0.2, 0.25) is 0 Å². The first-order valence-corrected chi connectivity index (χ1v) is 16.4. The fraction of sp³-hybridized carbons (Fsp3) is 0.600. The molecule has 0 bridgehead atoms. The normalized spacial score (nSPS) is 23.7. The molecule has 2 saturated heterocycles. The number of halogens is 2. The van der Waals surface area contributed by atoms with Crippen molar-refractivity contribution in [2.24, 2.45) is 0 Å². The van der Waals surface area contributed by atoms with E-state index in [9.17, 15) is 23.2 Å². The van der Waals surface area contributed by atoms with Crippen molar-refractivity contribution in [3.63, 3.8) is 0 Å². The Morgan fingerprint density at radius 3 is 2.47 bits per heavy atom. The molecular formula is C35H48F2N6O4. The molecule has 0 radical (unpaired) electrons. The van der Waals surface area contributed by atoms with Crippen LogP contribution in [-0.2, 0) is 26.2 Å². The van der Waals surface area contributed by atoms with E-state index in [4.69, 9.17) is 4.74 Å². The van der Waals surface area contributed by atoms with E-state index in [2.05, 4.69) is 30.7 Å². The third-order valence-corrected chi connectivity index (χ3v) is 9.53. The first-order chi connectivity index (χ1) is 21.9. The zero-order valence-electron chi connectivity index (χ0n) is 28.8. The molecule has 1 unspecified atom stereocenters. The van der Waals surface area contributed by atoms with Crippen LogP contribution in [0.3, 0.4) is 0 Å². The van der Waals surface area contributed by atoms with Crippen molar-refractivity contribution in [1.29, 1.82) is 0 Å². The first-order valence-electron chi connectivity index (χ1n) is 16.4. The number of carbonyl (C=O) groups excluding carboxylic acids is 3. The third-order valence-electron chi connectivity index (χ3n) is 9.53. The Kier molecular flexibility index (Phi) is 9.67. The maximum Gasteiger partial charge on any atom is 0.410 e. The maximum absolute atomic E-state index is 14.5. The fourth-order valence-electron chi connectivity index (χ4n) is 6.75. The van der Waals surface area contributed by atoms with Gasteiger partial charge in [-0.2, -0.15) is 0 Å². The second-order valence-electron chi connectivity index (χ2n) is 15.1. The zero-order valence-corrected chi connectivity index (χ0v) is 28.8. The molecule has 1 aromatic heterocycles. The summed E-state index contributed by atoms with van der Waals surface area (Å²) < 4.78 is 33.7. The van der Waals surface area contributed by atoms with Gasteiger partial charge < -0.3 is 19.4 Å². The predicted octanol–water partition coefficient (Wildman–Crippen LogP) is 4.05. The van der Waals surface area contributed by atoms with E-state index in [-0.39, 0.29) is 48.3 Å². The number of anilines is 1. The van der Waals surface area contributed by atoms with Crippen molar-refractivity contribution in [2.45, 2.75) is 84.0 Å². The van der Waals surface area contributed by atoms with Crippen molar-refractivity contribution in [3.05, 3.63) is 58.9 Å². The van der Waals surface area contributed by atoms with E-state index in [0.29, 0.717) is 50.5 Å². The number of hydrogen-bond acceptors (Lipinski definition) is 7. The number of carbonyl (C=O) groups is 3. The second-order valence-corrected chi connectivity index (χ2v) is 15.1. The van der Waals surface area contributed by atoms with Crippen molar-refractivity contribution in [3.8, 4) is 0 Å². The lowest BCUT2D eigenvalue weighted by atomic mass is 9.88. The Labute approximate surface area is 276 Å². The number of ether oxygens (including phenoxy) is 1. The van der Waals surface area contributed by atoms with Crippen LogP contribution >= 0.6 is 0 Å². The Balaban J connectivity index is 1.38. The first kappa shape index (κ1) is 34.7. The number of aromatic nitrogens is 1. The number of piperazine rings is 2. The van der Waals surface area contributed by atoms with Crippen LogP contribution in [0.25, 0.3) is 0 Å². The van der Waals surface area contributed by atoms with Gasteiger partial charge in [0.2, 0.25) is 11.8 Å². The minimum Gasteiger partial charge on any atom is -0.444 e. The summed E-state index contributed by atoms with van der Waals surface area (Å²) in [5.74, 6) is -1.37. The molecule has 3 aliphatic rings. The summed E-state index contributed by atoms with van der Waals surface area (Å²) in [5, 5.41) is 0. The molecule has 10 nitrogen and oxygen atoms in total. The molecule has 2 fully saturated rings. The molecule has 2 aromatic rings. The number of likely N-dealkylation sites (N-methyl/N-ethyl adjacent to an activating group) is 1. The van der Waals surface area contributed by atoms with Crippen LogP contribution in [-0.4, -0.2) is 119 Å². The van der Waals surface area contributed by atoms with E-state index < -0.39 is 23.3 Å². The maximum atomic E-state index is 14.5. The lowest BCUT2D eigenvalue weighted by Crippen LogP contribution is -2.65. The summed E-state index contributed by atoms with van der Waals surface area (Å²) in [6, 6.07) is 5.00. The molecule has 47 heavy (non-hydrogen) atoms. The number of pyridine rings is 1. The molecule has 0 saturated carbocycles. The van der Waals surface area contributed by atoms with Crippen molar-refractivity contribution in [1.82, 2.24) is 24.6 Å². The standard InChI is InChI=1S/C35H48F2N6O4/c1-22-15-41(31(44)19-39(22)8)17-27-18-42(33(46)47-34(3,4)5)23(2)16-40(27)20-32(45)43-21-35(6,7)28-14-38-26(13-30(28)43)11-24-9-10-25(36)12-29(24)37/h9-10,12-14,22-23,27H,11,15-21H2,1-8H3/t22?,23-,27+/m1/s1. The molecular weight excluding hydrogens is 606 g/mol. The summed E-state index contributed by atoms with van der Waals surface area (Å²) in [5.41, 5.74) is 1.53. The van der Waals surface area contributed by atoms with Crippen LogP contribution in [0, 0.1) is 11.6 Å². The van der Waals surface area contributed by atoms with E-state index in [1.165, 1.54) is 12.1 Å². The topological polar surface area (TPSA) is 89.5 Å². The van der Waals surface area contributed by atoms with Gasteiger partial charge in [0, 0.05) is 86.2 Å². The second kappa shape index (κ2) is 13.1. The van der Waals surface area contributed by atoms with Crippen LogP contribution in [0.4, 0.5) is 19.3 Å². The van der Waals surface area contributed by atoms with Gasteiger partial charge in [0.15, 0.2) is 0 Å². The molecule has 0 N–H and O–H groups in total. The molecule has 5 rings (SSSR count). The highest BCUT2D eigenvalue weighted by Gasteiger charge is 2.43. The van der Waals surface area contributed by atoms with E-state index in [0.717, 1.165) is 17.3 Å². The molecule has 1 aromatic carbocycles. The van der Waals surface area contributed by atoms with Gasteiger partial charge in [0.25, 0.3) is 0 Å². The van der Waals surface area contributed by atoms with E-state index >= 15 is 0 Å². The number of benzene rings is 1. The zero-order chi connectivity index (χ0) is 34.4. The Bertz CT molecular complexity index is 1530. The predicted molar refractivity (Wildman–Crippen MR) is 175 cm³/mol. The smallest absolute Gasteiger partial charge is 0.410 e. The number of nitrogens with zero attached hydrogens (tertiary/aromatic N) is 6. The summed E-state index contributed by atoms with van der Waals surface area (Å²) in [6.07, 6.45) is 1.50. The van der Waals surface area contributed by atoms with Crippen LogP contribution in [0.1, 0.15) is 65.3 Å². The van der Waals surface area contributed by atoms with Gasteiger partial charge in [0.1, 0.15) is 17.2 Å². The summed E-state index contributed by atoms with van der Waals surface area (Å²) >= 11 is 0. The van der Waals surface area contributed by atoms with Crippen LogP contribution in [0.15, 0.2) is 30.5 Å². The molecule has 3 atom stereocenters. The number of rotatable bonds is 6.